The van der Waals surface area contributed by atoms with Gasteiger partial charge in [0.15, 0.2) is 0 Å². The number of thiophene rings is 1. The van der Waals surface area contributed by atoms with Crippen LogP contribution in [0.5, 0.6) is 0 Å². The molecule has 0 atom stereocenters. The van der Waals surface area contributed by atoms with Crippen molar-refractivity contribution in [3.05, 3.63) is 39.7 Å². The molecule has 1 aromatic heterocycles. The normalized spacial score (nSPS) is 10.4. The third-order valence-electron chi connectivity index (χ3n) is 2.02. The topological polar surface area (TPSA) is 26.0 Å². The summed E-state index contributed by atoms with van der Waals surface area (Å²) in [7, 11) is 0. The molecule has 0 fully saturated rings. The molecule has 0 saturated carbocycles. The molecule has 0 amide bonds. The molecule has 0 aliphatic rings. The number of halogens is 1. The molecule has 3 heteroatoms. The summed E-state index contributed by atoms with van der Waals surface area (Å²) in [5.41, 5.74) is 8.23. The van der Waals surface area contributed by atoms with Gasteiger partial charge in [0.05, 0.1) is 5.00 Å². The van der Waals surface area contributed by atoms with E-state index in [-0.39, 0.29) is 0 Å². The molecule has 1 heterocycles. The Morgan fingerprint density at radius 3 is 2.64 bits per heavy atom. The summed E-state index contributed by atoms with van der Waals surface area (Å²) in [6, 6.07) is 10.3. The van der Waals surface area contributed by atoms with E-state index in [4.69, 9.17) is 5.73 Å². The molecule has 2 N–H and O–H groups in total. The summed E-state index contributed by atoms with van der Waals surface area (Å²) < 4.78 is 1.08. The number of anilines is 1. The van der Waals surface area contributed by atoms with Crippen molar-refractivity contribution in [3.63, 3.8) is 0 Å². The molecule has 1 aromatic carbocycles. The van der Waals surface area contributed by atoms with Crippen LogP contribution in [0.15, 0.2) is 34.8 Å². The summed E-state index contributed by atoms with van der Waals surface area (Å²) >= 11 is 5.09. The highest BCUT2D eigenvalue weighted by atomic mass is 79.9. The van der Waals surface area contributed by atoms with Crippen molar-refractivity contribution >= 4 is 32.3 Å². The number of hydrogen-bond acceptors (Lipinski definition) is 2. The van der Waals surface area contributed by atoms with Gasteiger partial charge in [-0.3, -0.25) is 0 Å². The number of hydrogen-bond donors (Lipinski definition) is 1. The van der Waals surface area contributed by atoms with Gasteiger partial charge >= 0.3 is 0 Å². The lowest BCUT2D eigenvalue weighted by Crippen LogP contribution is -1.82. The van der Waals surface area contributed by atoms with Crippen molar-refractivity contribution < 1.29 is 0 Å². The van der Waals surface area contributed by atoms with Crippen LogP contribution >= 0.6 is 27.3 Å². The molecule has 0 saturated heterocycles. The second-order valence-corrected chi connectivity index (χ2v) is 5.35. The van der Waals surface area contributed by atoms with Gasteiger partial charge in [-0.25, -0.2) is 0 Å². The lowest BCUT2D eigenvalue weighted by Gasteiger charge is -1.99. The van der Waals surface area contributed by atoms with Gasteiger partial charge in [0, 0.05) is 14.9 Å². The van der Waals surface area contributed by atoms with Crippen LogP contribution < -0.4 is 5.73 Å². The summed E-state index contributed by atoms with van der Waals surface area (Å²) in [5, 5.41) is 0.889. The monoisotopic (exact) mass is 267 g/mol. The highest BCUT2D eigenvalue weighted by Gasteiger charge is 2.05. The molecule has 0 radical (unpaired) electrons. The van der Waals surface area contributed by atoms with E-state index in [1.165, 1.54) is 10.4 Å². The zero-order chi connectivity index (χ0) is 10.1. The van der Waals surface area contributed by atoms with E-state index >= 15 is 0 Å². The van der Waals surface area contributed by atoms with Gasteiger partial charge in [0.1, 0.15) is 0 Å². The first kappa shape index (κ1) is 9.74. The van der Waals surface area contributed by atoms with Crippen molar-refractivity contribution in [2.24, 2.45) is 0 Å². The molecule has 72 valence electrons. The molecule has 0 aliphatic heterocycles. The van der Waals surface area contributed by atoms with Gasteiger partial charge in [-0.2, -0.15) is 0 Å². The number of nitrogen functional groups attached to an aromatic ring is 1. The second-order valence-electron chi connectivity index (χ2n) is 3.15. The largest absolute Gasteiger partial charge is 0.390 e. The molecule has 2 rings (SSSR count). The minimum Gasteiger partial charge on any atom is -0.390 e. The molecule has 14 heavy (non-hydrogen) atoms. The van der Waals surface area contributed by atoms with Crippen LogP contribution in [0, 0.1) is 6.92 Å². The van der Waals surface area contributed by atoms with Gasteiger partial charge < -0.3 is 5.73 Å². The molecule has 0 spiro atoms. The van der Waals surface area contributed by atoms with E-state index in [2.05, 4.69) is 41.1 Å². The third kappa shape index (κ3) is 1.83. The average molecular weight is 268 g/mol. The van der Waals surface area contributed by atoms with Gasteiger partial charge in [-0.15, -0.1) is 11.3 Å². The van der Waals surface area contributed by atoms with E-state index < -0.39 is 0 Å². The van der Waals surface area contributed by atoms with Crippen LogP contribution in [-0.2, 0) is 0 Å². The zero-order valence-corrected chi connectivity index (χ0v) is 10.2. The molecule has 0 unspecified atom stereocenters. The minimum atomic E-state index is 0.889. The fraction of sp³-hybridized carbons (Fsp3) is 0.0909. The quantitative estimate of drug-likeness (QED) is 0.829. The van der Waals surface area contributed by atoms with Gasteiger partial charge in [-0.05, 0) is 30.7 Å². The van der Waals surface area contributed by atoms with Crippen LogP contribution in [0.4, 0.5) is 5.00 Å². The number of rotatable bonds is 1. The van der Waals surface area contributed by atoms with Gasteiger partial charge in [-0.1, -0.05) is 28.1 Å². The maximum Gasteiger partial charge on any atom is 0.0938 e. The Bertz CT molecular complexity index is 462. The molecular formula is C11H10BrNS. The Kier molecular flexibility index (Phi) is 2.61. The fourth-order valence-electron chi connectivity index (χ4n) is 1.41. The first-order valence-corrected chi connectivity index (χ1v) is 5.89. The lowest BCUT2D eigenvalue weighted by atomic mass is 10.1. The maximum absolute atomic E-state index is 5.93. The average Bonchev–Trinajstić information content (AvgIpc) is 2.45. The van der Waals surface area contributed by atoms with Crippen LogP contribution in [-0.4, -0.2) is 0 Å². The van der Waals surface area contributed by atoms with E-state index in [9.17, 15) is 0 Å². The fourth-order valence-corrected chi connectivity index (χ4v) is 2.62. The van der Waals surface area contributed by atoms with E-state index in [0.717, 1.165) is 15.0 Å². The minimum absolute atomic E-state index is 0.889. The standard InChI is InChI=1S/C11H10BrNS/c1-7-5-10(11(13)14-7)8-3-2-4-9(12)6-8/h2-6H,13H2,1H3. The summed E-state index contributed by atoms with van der Waals surface area (Å²) in [5.74, 6) is 0. The molecule has 0 bridgehead atoms. The highest BCUT2D eigenvalue weighted by molar-refractivity contribution is 9.10. The molecular weight excluding hydrogens is 258 g/mol. The lowest BCUT2D eigenvalue weighted by molar-refractivity contribution is 1.59. The SMILES string of the molecule is Cc1cc(-c2cccc(Br)c2)c(N)s1. The van der Waals surface area contributed by atoms with Crippen LogP contribution in [0.3, 0.4) is 0 Å². The van der Waals surface area contributed by atoms with Crippen molar-refractivity contribution in [2.75, 3.05) is 5.73 Å². The Balaban J connectivity index is 2.54. The molecule has 2 aromatic rings. The van der Waals surface area contributed by atoms with E-state index in [1.54, 1.807) is 11.3 Å². The summed E-state index contributed by atoms with van der Waals surface area (Å²) in [4.78, 5) is 1.25. The van der Waals surface area contributed by atoms with Crippen molar-refractivity contribution in [3.8, 4) is 11.1 Å². The third-order valence-corrected chi connectivity index (χ3v) is 3.39. The summed E-state index contributed by atoms with van der Waals surface area (Å²) in [6.45, 7) is 2.07. The number of benzene rings is 1. The maximum atomic E-state index is 5.93. The van der Waals surface area contributed by atoms with Crippen molar-refractivity contribution in [1.82, 2.24) is 0 Å². The molecule has 0 aliphatic carbocycles. The Labute approximate surface area is 95.7 Å². The Morgan fingerprint density at radius 1 is 1.29 bits per heavy atom. The van der Waals surface area contributed by atoms with E-state index in [1.807, 2.05) is 12.1 Å². The molecule has 1 nitrogen and oxygen atoms in total. The predicted octanol–water partition coefficient (Wildman–Crippen LogP) is 4.07. The first-order chi connectivity index (χ1) is 6.66. The van der Waals surface area contributed by atoms with Crippen molar-refractivity contribution in [2.45, 2.75) is 6.92 Å². The Hall–Kier alpha value is -0.800. The predicted molar refractivity (Wildman–Crippen MR) is 66.6 cm³/mol. The second kappa shape index (κ2) is 3.75. The number of nitrogens with two attached hydrogens (primary N) is 1. The van der Waals surface area contributed by atoms with Crippen LogP contribution in [0.2, 0.25) is 0 Å². The van der Waals surface area contributed by atoms with E-state index in [0.29, 0.717) is 0 Å². The smallest absolute Gasteiger partial charge is 0.0938 e. The number of aryl methyl sites for hydroxylation is 1. The zero-order valence-electron chi connectivity index (χ0n) is 7.75. The Morgan fingerprint density at radius 2 is 2.07 bits per heavy atom. The highest BCUT2D eigenvalue weighted by Crippen LogP contribution is 2.34. The van der Waals surface area contributed by atoms with Gasteiger partial charge in [0.2, 0.25) is 0 Å². The van der Waals surface area contributed by atoms with Crippen LogP contribution in [0.1, 0.15) is 4.88 Å². The van der Waals surface area contributed by atoms with Gasteiger partial charge in [0.25, 0.3) is 0 Å². The summed E-state index contributed by atoms with van der Waals surface area (Å²) in [6.07, 6.45) is 0. The first-order valence-electron chi connectivity index (χ1n) is 4.28. The van der Waals surface area contributed by atoms with Crippen LogP contribution in [0.25, 0.3) is 11.1 Å². The van der Waals surface area contributed by atoms with Crippen molar-refractivity contribution in [1.29, 1.82) is 0 Å².